The summed E-state index contributed by atoms with van der Waals surface area (Å²) < 4.78 is 37.8. The zero-order valence-electron chi connectivity index (χ0n) is 7.27. The fourth-order valence-electron chi connectivity index (χ4n) is 1.04. The molecule has 0 radical (unpaired) electrons. The molecule has 1 atom stereocenters. The molecular formula is C8H8BrF3N2. The molecule has 1 aromatic heterocycles. The van der Waals surface area contributed by atoms with E-state index in [1.807, 2.05) is 0 Å². The Labute approximate surface area is 87.7 Å². The van der Waals surface area contributed by atoms with Gasteiger partial charge in [-0.3, -0.25) is 4.98 Å². The lowest BCUT2D eigenvalue weighted by atomic mass is 10.2. The maximum Gasteiger partial charge on any atom is 0.409 e. The highest BCUT2D eigenvalue weighted by molar-refractivity contribution is 9.10. The second-order valence-electron chi connectivity index (χ2n) is 2.66. The van der Waals surface area contributed by atoms with E-state index in [9.17, 15) is 13.2 Å². The van der Waals surface area contributed by atoms with Crippen molar-refractivity contribution in [2.75, 3.05) is 7.05 Å². The van der Waals surface area contributed by atoms with Crippen LogP contribution >= 0.6 is 15.9 Å². The standard InChI is InChI=1S/C8H8BrF3N2/c1-13-7(8(10,11)12)6-3-2-5(9)4-14-6/h2-4,7,13H,1H3. The molecule has 14 heavy (non-hydrogen) atoms. The summed E-state index contributed by atoms with van der Waals surface area (Å²) in [5, 5.41) is 2.17. The largest absolute Gasteiger partial charge is 0.409 e. The van der Waals surface area contributed by atoms with E-state index in [4.69, 9.17) is 0 Å². The minimum atomic E-state index is -4.32. The number of pyridine rings is 1. The predicted molar refractivity (Wildman–Crippen MR) is 49.8 cm³/mol. The molecule has 78 valence electrons. The van der Waals surface area contributed by atoms with Crippen molar-refractivity contribution in [2.24, 2.45) is 0 Å². The van der Waals surface area contributed by atoms with Crippen molar-refractivity contribution in [1.29, 1.82) is 0 Å². The van der Waals surface area contributed by atoms with Crippen molar-refractivity contribution in [1.82, 2.24) is 10.3 Å². The molecule has 0 aliphatic carbocycles. The summed E-state index contributed by atoms with van der Waals surface area (Å²) in [6, 6.07) is 1.15. The zero-order chi connectivity index (χ0) is 10.8. The van der Waals surface area contributed by atoms with Gasteiger partial charge in [-0.15, -0.1) is 0 Å². The van der Waals surface area contributed by atoms with E-state index in [1.54, 1.807) is 0 Å². The Hall–Kier alpha value is -0.620. The fraction of sp³-hybridized carbons (Fsp3) is 0.375. The van der Waals surface area contributed by atoms with Gasteiger partial charge in [-0.05, 0) is 35.1 Å². The second kappa shape index (κ2) is 4.27. The average Bonchev–Trinajstić information content (AvgIpc) is 2.07. The molecule has 0 spiro atoms. The SMILES string of the molecule is CNC(c1ccc(Br)cn1)C(F)(F)F. The van der Waals surface area contributed by atoms with E-state index in [0.717, 1.165) is 0 Å². The molecule has 0 aliphatic rings. The van der Waals surface area contributed by atoms with Gasteiger partial charge in [0.2, 0.25) is 0 Å². The first-order chi connectivity index (χ1) is 6.45. The Morgan fingerprint density at radius 1 is 1.43 bits per heavy atom. The minimum Gasteiger partial charge on any atom is -0.304 e. The summed E-state index contributed by atoms with van der Waals surface area (Å²) in [4.78, 5) is 3.69. The van der Waals surface area contributed by atoms with Crippen LogP contribution in [0.2, 0.25) is 0 Å². The van der Waals surface area contributed by atoms with Crippen molar-refractivity contribution in [3.05, 3.63) is 28.5 Å². The van der Waals surface area contributed by atoms with Gasteiger partial charge in [0.15, 0.2) is 0 Å². The van der Waals surface area contributed by atoms with E-state index >= 15 is 0 Å². The Morgan fingerprint density at radius 2 is 2.07 bits per heavy atom. The predicted octanol–water partition coefficient (Wildman–Crippen LogP) is 2.67. The summed E-state index contributed by atoms with van der Waals surface area (Å²) in [5.41, 5.74) is -0.0387. The third-order valence-electron chi connectivity index (χ3n) is 1.66. The Bertz CT molecular complexity index is 296. The number of aromatic nitrogens is 1. The van der Waals surface area contributed by atoms with Crippen molar-refractivity contribution in [2.45, 2.75) is 12.2 Å². The number of nitrogens with zero attached hydrogens (tertiary/aromatic N) is 1. The van der Waals surface area contributed by atoms with Crippen LogP contribution in [-0.2, 0) is 0 Å². The smallest absolute Gasteiger partial charge is 0.304 e. The molecule has 0 fully saturated rings. The van der Waals surface area contributed by atoms with Gasteiger partial charge < -0.3 is 5.32 Å². The van der Waals surface area contributed by atoms with Crippen LogP contribution in [0.5, 0.6) is 0 Å². The summed E-state index contributed by atoms with van der Waals surface area (Å²) >= 11 is 3.10. The highest BCUT2D eigenvalue weighted by atomic mass is 79.9. The second-order valence-corrected chi connectivity index (χ2v) is 3.58. The molecule has 1 rings (SSSR count). The summed E-state index contributed by atoms with van der Waals surface area (Å²) in [5.74, 6) is 0. The molecule has 0 saturated carbocycles. The first kappa shape index (κ1) is 11.5. The lowest BCUT2D eigenvalue weighted by molar-refractivity contribution is -0.157. The zero-order valence-corrected chi connectivity index (χ0v) is 8.85. The number of hydrogen-bond acceptors (Lipinski definition) is 2. The number of hydrogen-bond donors (Lipinski definition) is 1. The molecule has 0 aliphatic heterocycles. The molecule has 0 saturated heterocycles. The van der Waals surface area contributed by atoms with Crippen LogP contribution in [0.25, 0.3) is 0 Å². The van der Waals surface area contributed by atoms with Gasteiger partial charge in [0.1, 0.15) is 6.04 Å². The molecule has 0 aromatic carbocycles. The van der Waals surface area contributed by atoms with Crippen molar-refractivity contribution < 1.29 is 13.2 Å². The third-order valence-corrected chi connectivity index (χ3v) is 2.13. The molecule has 1 heterocycles. The van der Waals surface area contributed by atoms with E-state index in [-0.39, 0.29) is 5.69 Å². The van der Waals surface area contributed by atoms with Crippen LogP contribution < -0.4 is 5.32 Å². The van der Waals surface area contributed by atoms with Crippen LogP contribution in [0.3, 0.4) is 0 Å². The fourth-order valence-corrected chi connectivity index (χ4v) is 1.27. The van der Waals surface area contributed by atoms with Crippen LogP contribution in [0, 0.1) is 0 Å². The monoisotopic (exact) mass is 268 g/mol. The summed E-state index contributed by atoms with van der Waals surface area (Å²) in [6.45, 7) is 0. The molecule has 6 heteroatoms. The lowest BCUT2D eigenvalue weighted by Gasteiger charge is -2.18. The molecule has 1 aromatic rings. The third kappa shape index (κ3) is 2.68. The summed E-state index contributed by atoms with van der Waals surface area (Å²) in [6.07, 6.45) is -2.99. The van der Waals surface area contributed by atoms with Crippen LogP contribution in [0.4, 0.5) is 13.2 Å². The molecule has 0 amide bonds. The van der Waals surface area contributed by atoms with Crippen LogP contribution in [0.15, 0.2) is 22.8 Å². The highest BCUT2D eigenvalue weighted by Crippen LogP contribution is 2.31. The number of nitrogens with one attached hydrogen (secondary N) is 1. The summed E-state index contributed by atoms with van der Waals surface area (Å²) in [7, 11) is 1.25. The van der Waals surface area contributed by atoms with Gasteiger partial charge >= 0.3 is 6.18 Å². The number of rotatable bonds is 2. The molecule has 1 N–H and O–H groups in total. The van der Waals surface area contributed by atoms with Gasteiger partial charge in [-0.2, -0.15) is 13.2 Å². The van der Waals surface area contributed by atoms with Crippen LogP contribution in [0.1, 0.15) is 11.7 Å². The minimum absolute atomic E-state index is 0.0387. The van der Waals surface area contributed by atoms with Gasteiger partial charge in [-0.25, -0.2) is 0 Å². The Morgan fingerprint density at radius 3 is 2.43 bits per heavy atom. The Balaban J connectivity index is 2.96. The average molecular weight is 269 g/mol. The van der Waals surface area contributed by atoms with Crippen LogP contribution in [-0.4, -0.2) is 18.2 Å². The maximum absolute atomic E-state index is 12.4. The topological polar surface area (TPSA) is 24.9 Å². The van der Waals surface area contributed by atoms with Crippen molar-refractivity contribution in [3.8, 4) is 0 Å². The van der Waals surface area contributed by atoms with E-state index in [1.165, 1.54) is 25.4 Å². The van der Waals surface area contributed by atoms with Crippen molar-refractivity contribution >= 4 is 15.9 Å². The normalized spacial score (nSPS) is 14.1. The molecule has 2 nitrogen and oxygen atoms in total. The van der Waals surface area contributed by atoms with Gasteiger partial charge in [0.05, 0.1) is 5.69 Å². The number of alkyl halides is 3. The maximum atomic E-state index is 12.4. The molecular weight excluding hydrogens is 261 g/mol. The van der Waals surface area contributed by atoms with Gasteiger partial charge in [0, 0.05) is 10.7 Å². The molecule has 0 bridgehead atoms. The van der Waals surface area contributed by atoms with Gasteiger partial charge in [0.25, 0.3) is 0 Å². The number of halogens is 4. The van der Waals surface area contributed by atoms with Crippen molar-refractivity contribution in [3.63, 3.8) is 0 Å². The lowest BCUT2D eigenvalue weighted by Crippen LogP contribution is -2.32. The van der Waals surface area contributed by atoms with E-state index in [0.29, 0.717) is 4.47 Å². The molecule has 1 unspecified atom stereocenters. The quantitative estimate of drug-likeness (QED) is 0.892. The highest BCUT2D eigenvalue weighted by Gasteiger charge is 2.40. The first-order valence-corrected chi connectivity index (χ1v) is 4.60. The Kier molecular flexibility index (Phi) is 3.49. The first-order valence-electron chi connectivity index (χ1n) is 3.80. The van der Waals surface area contributed by atoms with E-state index < -0.39 is 12.2 Å². The van der Waals surface area contributed by atoms with E-state index in [2.05, 4.69) is 26.2 Å². The van der Waals surface area contributed by atoms with Gasteiger partial charge in [-0.1, -0.05) is 0 Å².